The second kappa shape index (κ2) is 10.5. The van der Waals surface area contributed by atoms with E-state index in [2.05, 4.69) is 6.92 Å². The molecule has 0 amide bonds. The number of hydrogen-bond donors (Lipinski definition) is 0. The van der Waals surface area contributed by atoms with Gasteiger partial charge in [-0.2, -0.15) is 0 Å². The average molecular weight is 258 g/mol. The summed E-state index contributed by atoms with van der Waals surface area (Å²) in [4.78, 5) is 11.7. The van der Waals surface area contributed by atoms with Crippen molar-refractivity contribution in [3.8, 4) is 0 Å². The van der Waals surface area contributed by atoms with E-state index in [1.54, 1.807) is 6.08 Å². The summed E-state index contributed by atoms with van der Waals surface area (Å²) in [6.45, 7) is 2.24. The highest BCUT2D eigenvalue weighted by Crippen LogP contribution is 2.07. The normalized spacial score (nSPS) is 11.0. The van der Waals surface area contributed by atoms with Gasteiger partial charge in [-0.1, -0.05) is 75.4 Å². The van der Waals surface area contributed by atoms with Gasteiger partial charge in [0.25, 0.3) is 0 Å². The molecule has 0 aliphatic carbocycles. The summed E-state index contributed by atoms with van der Waals surface area (Å²) in [6, 6.07) is 9.92. The Labute approximate surface area is 117 Å². The summed E-state index contributed by atoms with van der Waals surface area (Å²) in [6.07, 6.45) is 13.2. The Kier molecular flexibility index (Phi) is 8.70. The summed E-state index contributed by atoms with van der Waals surface area (Å²) < 4.78 is 0. The SMILES string of the molecule is CCCCCCCC/C=C/C(=O)Cc1ccccc1. The van der Waals surface area contributed by atoms with E-state index in [0.29, 0.717) is 6.42 Å². The first-order chi connectivity index (χ1) is 9.33. The minimum Gasteiger partial charge on any atom is -0.294 e. The molecule has 1 nitrogen and oxygen atoms in total. The predicted octanol–water partition coefficient (Wildman–Crippen LogP) is 5.11. The molecule has 0 bridgehead atoms. The Bertz CT molecular complexity index is 365. The van der Waals surface area contributed by atoms with Crippen molar-refractivity contribution in [1.29, 1.82) is 0 Å². The van der Waals surface area contributed by atoms with Gasteiger partial charge < -0.3 is 0 Å². The number of ketones is 1. The van der Waals surface area contributed by atoms with E-state index in [-0.39, 0.29) is 5.78 Å². The molecule has 0 spiro atoms. The summed E-state index contributed by atoms with van der Waals surface area (Å²) in [7, 11) is 0. The third-order valence-electron chi connectivity index (χ3n) is 3.25. The molecule has 1 aromatic carbocycles. The largest absolute Gasteiger partial charge is 0.294 e. The Morgan fingerprint density at radius 2 is 1.68 bits per heavy atom. The lowest BCUT2D eigenvalue weighted by Gasteiger charge is -1.98. The number of allylic oxidation sites excluding steroid dienone is 2. The quantitative estimate of drug-likeness (QED) is 0.421. The molecular formula is C18H26O. The molecular weight excluding hydrogens is 232 g/mol. The summed E-state index contributed by atoms with van der Waals surface area (Å²) in [5.41, 5.74) is 1.09. The molecule has 0 atom stereocenters. The molecule has 0 radical (unpaired) electrons. The third kappa shape index (κ3) is 8.36. The maximum atomic E-state index is 11.7. The molecule has 0 N–H and O–H groups in total. The van der Waals surface area contributed by atoms with Crippen molar-refractivity contribution in [2.24, 2.45) is 0 Å². The zero-order valence-corrected chi connectivity index (χ0v) is 12.1. The number of hydrogen-bond acceptors (Lipinski definition) is 1. The summed E-state index contributed by atoms with van der Waals surface area (Å²) in [5.74, 6) is 0.206. The fourth-order valence-corrected chi connectivity index (χ4v) is 2.11. The maximum Gasteiger partial charge on any atom is 0.159 e. The Balaban J connectivity index is 2.07. The standard InChI is InChI=1S/C18H26O/c1-2-3-4-5-6-7-8-12-15-18(19)16-17-13-10-9-11-14-17/h9-15H,2-8,16H2,1H3/b15-12+. The lowest BCUT2D eigenvalue weighted by atomic mass is 10.1. The Morgan fingerprint density at radius 1 is 1.00 bits per heavy atom. The van der Waals surface area contributed by atoms with Crippen molar-refractivity contribution < 1.29 is 4.79 Å². The monoisotopic (exact) mass is 258 g/mol. The summed E-state index contributed by atoms with van der Waals surface area (Å²) in [5, 5.41) is 0. The highest BCUT2D eigenvalue weighted by Gasteiger charge is 1.98. The second-order valence-corrected chi connectivity index (χ2v) is 5.09. The highest BCUT2D eigenvalue weighted by molar-refractivity contribution is 5.91. The van der Waals surface area contributed by atoms with Gasteiger partial charge >= 0.3 is 0 Å². The lowest BCUT2D eigenvalue weighted by Crippen LogP contribution is -1.97. The van der Waals surface area contributed by atoms with E-state index in [0.717, 1.165) is 12.0 Å². The molecule has 0 aliphatic rings. The zero-order valence-electron chi connectivity index (χ0n) is 12.1. The van der Waals surface area contributed by atoms with Gasteiger partial charge in [-0.25, -0.2) is 0 Å². The van der Waals surface area contributed by atoms with Crippen LogP contribution in [-0.2, 0) is 11.2 Å². The first-order valence-corrected chi connectivity index (χ1v) is 7.56. The molecule has 1 heteroatoms. The number of unbranched alkanes of at least 4 members (excludes halogenated alkanes) is 6. The number of carbonyl (C=O) groups is 1. The van der Waals surface area contributed by atoms with E-state index >= 15 is 0 Å². The van der Waals surface area contributed by atoms with Crippen LogP contribution in [0.1, 0.15) is 57.4 Å². The first kappa shape index (κ1) is 15.7. The molecule has 104 valence electrons. The van der Waals surface area contributed by atoms with Gasteiger partial charge in [-0.15, -0.1) is 0 Å². The third-order valence-corrected chi connectivity index (χ3v) is 3.25. The van der Waals surface area contributed by atoms with E-state index in [1.807, 2.05) is 36.4 Å². The molecule has 0 aliphatic heterocycles. The summed E-state index contributed by atoms with van der Waals surface area (Å²) >= 11 is 0. The average Bonchev–Trinajstić information content (AvgIpc) is 2.43. The minimum atomic E-state index is 0.206. The maximum absolute atomic E-state index is 11.7. The van der Waals surface area contributed by atoms with Gasteiger partial charge in [0.05, 0.1) is 0 Å². The van der Waals surface area contributed by atoms with Crippen molar-refractivity contribution in [3.63, 3.8) is 0 Å². The molecule has 0 fully saturated rings. The van der Waals surface area contributed by atoms with Gasteiger partial charge in [0.15, 0.2) is 5.78 Å². The molecule has 0 saturated carbocycles. The van der Waals surface area contributed by atoms with E-state index in [1.165, 1.54) is 38.5 Å². The van der Waals surface area contributed by atoms with Crippen molar-refractivity contribution in [2.45, 2.75) is 58.3 Å². The van der Waals surface area contributed by atoms with E-state index in [9.17, 15) is 4.79 Å². The van der Waals surface area contributed by atoms with Gasteiger partial charge in [0.1, 0.15) is 0 Å². The smallest absolute Gasteiger partial charge is 0.159 e. The minimum absolute atomic E-state index is 0.206. The molecule has 1 aromatic rings. The van der Waals surface area contributed by atoms with Crippen LogP contribution >= 0.6 is 0 Å². The van der Waals surface area contributed by atoms with Crippen LogP contribution in [-0.4, -0.2) is 5.78 Å². The molecule has 0 saturated heterocycles. The van der Waals surface area contributed by atoms with Gasteiger partial charge in [0, 0.05) is 6.42 Å². The first-order valence-electron chi connectivity index (χ1n) is 7.56. The highest BCUT2D eigenvalue weighted by atomic mass is 16.1. The van der Waals surface area contributed by atoms with Crippen LogP contribution in [0.25, 0.3) is 0 Å². The molecule has 19 heavy (non-hydrogen) atoms. The zero-order chi connectivity index (χ0) is 13.8. The van der Waals surface area contributed by atoms with Gasteiger partial charge in [0.2, 0.25) is 0 Å². The van der Waals surface area contributed by atoms with Gasteiger partial charge in [-0.05, 0) is 24.5 Å². The van der Waals surface area contributed by atoms with Crippen molar-refractivity contribution >= 4 is 5.78 Å². The van der Waals surface area contributed by atoms with Crippen LogP contribution in [0.4, 0.5) is 0 Å². The predicted molar refractivity (Wildman–Crippen MR) is 82.3 cm³/mol. The molecule has 0 heterocycles. The fourth-order valence-electron chi connectivity index (χ4n) is 2.11. The lowest BCUT2D eigenvalue weighted by molar-refractivity contribution is -0.114. The van der Waals surface area contributed by atoms with E-state index < -0.39 is 0 Å². The van der Waals surface area contributed by atoms with Crippen LogP contribution in [0, 0.1) is 0 Å². The fraction of sp³-hybridized carbons (Fsp3) is 0.500. The van der Waals surface area contributed by atoms with Crippen molar-refractivity contribution in [1.82, 2.24) is 0 Å². The van der Waals surface area contributed by atoms with Crippen molar-refractivity contribution in [3.05, 3.63) is 48.0 Å². The second-order valence-electron chi connectivity index (χ2n) is 5.09. The number of benzene rings is 1. The number of carbonyl (C=O) groups excluding carboxylic acids is 1. The molecule has 0 aromatic heterocycles. The van der Waals surface area contributed by atoms with Gasteiger partial charge in [-0.3, -0.25) is 4.79 Å². The van der Waals surface area contributed by atoms with Crippen LogP contribution in [0.2, 0.25) is 0 Å². The molecule has 0 unspecified atom stereocenters. The van der Waals surface area contributed by atoms with Crippen LogP contribution < -0.4 is 0 Å². The van der Waals surface area contributed by atoms with Crippen LogP contribution in [0.3, 0.4) is 0 Å². The molecule has 1 rings (SSSR count). The van der Waals surface area contributed by atoms with Crippen LogP contribution in [0.15, 0.2) is 42.5 Å². The number of rotatable bonds is 10. The van der Waals surface area contributed by atoms with E-state index in [4.69, 9.17) is 0 Å². The Hall–Kier alpha value is -1.37. The topological polar surface area (TPSA) is 17.1 Å². The van der Waals surface area contributed by atoms with Crippen LogP contribution in [0.5, 0.6) is 0 Å². The van der Waals surface area contributed by atoms with Crippen molar-refractivity contribution in [2.75, 3.05) is 0 Å². The Morgan fingerprint density at radius 3 is 2.42 bits per heavy atom.